The van der Waals surface area contributed by atoms with E-state index >= 15 is 0 Å². The molecule has 3 nitrogen and oxygen atoms in total. The van der Waals surface area contributed by atoms with Gasteiger partial charge in [-0.3, -0.25) is 4.57 Å². The first-order valence-electron chi connectivity index (χ1n) is 5.33. The highest BCUT2D eigenvalue weighted by Gasteiger charge is 2.06. The van der Waals surface area contributed by atoms with Crippen molar-refractivity contribution in [1.29, 1.82) is 0 Å². The lowest BCUT2D eigenvalue weighted by Crippen LogP contribution is -1.92. The zero-order valence-corrected chi connectivity index (χ0v) is 11.6. The van der Waals surface area contributed by atoms with Gasteiger partial charge in [0.25, 0.3) is 0 Å². The SMILES string of the molecule is Nc1ccc2c(c1)ncn2-c1ccc(Cl)c(Br)c1. The molecule has 0 saturated heterocycles. The number of imidazole rings is 1. The quantitative estimate of drug-likeness (QED) is 0.688. The number of benzene rings is 2. The normalized spacial score (nSPS) is 11.0. The third kappa shape index (κ3) is 1.87. The summed E-state index contributed by atoms with van der Waals surface area (Å²) in [7, 11) is 0. The third-order valence-corrected chi connectivity index (χ3v) is 3.97. The van der Waals surface area contributed by atoms with Crippen LogP contribution in [0.25, 0.3) is 16.7 Å². The first kappa shape index (κ1) is 11.6. The summed E-state index contributed by atoms with van der Waals surface area (Å²) in [5.74, 6) is 0. The first-order valence-corrected chi connectivity index (χ1v) is 6.50. The van der Waals surface area contributed by atoms with Crippen molar-refractivity contribution in [3.05, 3.63) is 52.2 Å². The lowest BCUT2D eigenvalue weighted by molar-refractivity contribution is 1.09. The monoisotopic (exact) mass is 321 g/mol. The predicted molar refractivity (Wildman–Crippen MR) is 78.2 cm³/mol. The molecule has 3 aromatic rings. The van der Waals surface area contributed by atoms with Crippen molar-refractivity contribution in [3.8, 4) is 5.69 Å². The number of nitrogen functional groups attached to an aromatic ring is 1. The Morgan fingerprint density at radius 3 is 2.78 bits per heavy atom. The minimum atomic E-state index is 0.687. The van der Waals surface area contributed by atoms with Gasteiger partial charge in [0.05, 0.1) is 16.1 Å². The molecule has 0 aliphatic rings. The van der Waals surface area contributed by atoms with E-state index < -0.39 is 0 Å². The van der Waals surface area contributed by atoms with Crippen molar-refractivity contribution in [3.63, 3.8) is 0 Å². The Morgan fingerprint density at radius 2 is 2.00 bits per heavy atom. The molecule has 90 valence electrons. The smallest absolute Gasteiger partial charge is 0.100 e. The van der Waals surface area contributed by atoms with E-state index in [1.165, 1.54) is 0 Å². The van der Waals surface area contributed by atoms with Crippen molar-refractivity contribution >= 4 is 44.3 Å². The van der Waals surface area contributed by atoms with E-state index in [0.29, 0.717) is 10.7 Å². The highest BCUT2D eigenvalue weighted by Crippen LogP contribution is 2.27. The van der Waals surface area contributed by atoms with E-state index in [2.05, 4.69) is 20.9 Å². The summed E-state index contributed by atoms with van der Waals surface area (Å²) in [5.41, 5.74) is 9.34. The van der Waals surface area contributed by atoms with Crippen LogP contribution in [0.15, 0.2) is 47.2 Å². The fourth-order valence-electron chi connectivity index (χ4n) is 1.87. The maximum absolute atomic E-state index is 5.99. The summed E-state index contributed by atoms with van der Waals surface area (Å²) in [6.45, 7) is 0. The van der Waals surface area contributed by atoms with Gasteiger partial charge < -0.3 is 5.73 Å². The molecule has 1 heterocycles. The molecule has 0 unspecified atom stereocenters. The number of anilines is 1. The second kappa shape index (κ2) is 4.30. The number of rotatable bonds is 1. The topological polar surface area (TPSA) is 43.8 Å². The Balaban J connectivity index is 2.22. The van der Waals surface area contributed by atoms with Gasteiger partial charge in [-0.05, 0) is 52.3 Å². The second-order valence-electron chi connectivity index (χ2n) is 3.96. The van der Waals surface area contributed by atoms with Gasteiger partial charge in [-0.2, -0.15) is 0 Å². The minimum absolute atomic E-state index is 0.687. The summed E-state index contributed by atoms with van der Waals surface area (Å²) in [6, 6.07) is 11.4. The fourth-order valence-corrected chi connectivity index (χ4v) is 2.35. The first-order chi connectivity index (χ1) is 8.65. The molecular formula is C13H9BrClN3. The molecule has 0 saturated carbocycles. The largest absolute Gasteiger partial charge is 0.399 e. The number of nitrogens with two attached hydrogens (primary N) is 1. The molecule has 0 aliphatic carbocycles. The van der Waals surface area contributed by atoms with E-state index in [4.69, 9.17) is 17.3 Å². The molecule has 3 rings (SSSR count). The number of aromatic nitrogens is 2. The summed E-state index contributed by atoms with van der Waals surface area (Å²) in [5, 5.41) is 0.687. The van der Waals surface area contributed by atoms with Crippen LogP contribution in [0, 0.1) is 0 Å². The maximum atomic E-state index is 5.99. The molecule has 5 heteroatoms. The van der Waals surface area contributed by atoms with Crippen LogP contribution in [0.2, 0.25) is 5.02 Å². The summed E-state index contributed by atoms with van der Waals surface area (Å²) in [4.78, 5) is 4.34. The van der Waals surface area contributed by atoms with Crippen molar-refractivity contribution in [2.75, 3.05) is 5.73 Å². The minimum Gasteiger partial charge on any atom is -0.399 e. The number of fused-ring (bicyclic) bond motifs is 1. The number of nitrogens with zero attached hydrogens (tertiary/aromatic N) is 2. The molecule has 0 spiro atoms. The van der Waals surface area contributed by atoms with Gasteiger partial charge in [0.15, 0.2) is 0 Å². The highest BCUT2D eigenvalue weighted by molar-refractivity contribution is 9.10. The van der Waals surface area contributed by atoms with E-state index in [9.17, 15) is 0 Å². The Labute approximate surface area is 117 Å². The van der Waals surface area contributed by atoms with Crippen LogP contribution in [0.4, 0.5) is 5.69 Å². The van der Waals surface area contributed by atoms with Gasteiger partial charge in [-0.25, -0.2) is 4.98 Å². The van der Waals surface area contributed by atoms with Crippen LogP contribution >= 0.6 is 27.5 Å². The standard InChI is InChI=1S/C13H9BrClN3/c14-10-6-9(2-3-11(10)15)18-7-17-12-5-8(16)1-4-13(12)18/h1-7H,16H2. The Hall–Kier alpha value is -1.52. The van der Waals surface area contributed by atoms with Gasteiger partial charge in [0.2, 0.25) is 0 Å². The number of hydrogen-bond acceptors (Lipinski definition) is 2. The third-order valence-electron chi connectivity index (χ3n) is 2.75. The maximum Gasteiger partial charge on any atom is 0.100 e. The average Bonchev–Trinajstić information content (AvgIpc) is 2.75. The van der Waals surface area contributed by atoms with Gasteiger partial charge in [0, 0.05) is 15.8 Å². The molecule has 0 bridgehead atoms. The van der Waals surface area contributed by atoms with E-state index in [-0.39, 0.29) is 0 Å². The van der Waals surface area contributed by atoms with Crippen molar-refractivity contribution in [2.24, 2.45) is 0 Å². The van der Waals surface area contributed by atoms with Gasteiger partial charge >= 0.3 is 0 Å². The van der Waals surface area contributed by atoms with E-state index in [0.717, 1.165) is 21.2 Å². The lowest BCUT2D eigenvalue weighted by Gasteiger charge is -2.06. The lowest BCUT2D eigenvalue weighted by atomic mass is 10.2. The Kier molecular flexibility index (Phi) is 2.76. The van der Waals surface area contributed by atoms with Crippen LogP contribution in [0.5, 0.6) is 0 Å². The molecule has 0 amide bonds. The van der Waals surface area contributed by atoms with E-state index in [1.807, 2.05) is 41.0 Å². The van der Waals surface area contributed by atoms with Crippen molar-refractivity contribution in [1.82, 2.24) is 9.55 Å². The van der Waals surface area contributed by atoms with Crippen molar-refractivity contribution < 1.29 is 0 Å². The van der Waals surface area contributed by atoms with E-state index in [1.54, 1.807) is 6.33 Å². The zero-order chi connectivity index (χ0) is 12.7. The van der Waals surface area contributed by atoms with Gasteiger partial charge in [0.1, 0.15) is 6.33 Å². The summed E-state index contributed by atoms with van der Waals surface area (Å²) < 4.78 is 2.86. The second-order valence-corrected chi connectivity index (χ2v) is 5.22. The van der Waals surface area contributed by atoms with Crippen LogP contribution in [0.1, 0.15) is 0 Å². The zero-order valence-electron chi connectivity index (χ0n) is 9.27. The van der Waals surface area contributed by atoms with Crippen LogP contribution in [-0.2, 0) is 0 Å². The Bertz CT molecular complexity index is 736. The molecular weight excluding hydrogens is 314 g/mol. The molecule has 0 fully saturated rings. The van der Waals surface area contributed by atoms with Crippen LogP contribution in [-0.4, -0.2) is 9.55 Å². The molecule has 0 aliphatic heterocycles. The predicted octanol–water partition coefficient (Wildman–Crippen LogP) is 4.02. The number of hydrogen-bond donors (Lipinski definition) is 1. The van der Waals surface area contributed by atoms with Gasteiger partial charge in [-0.15, -0.1) is 0 Å². The molecule has 0 atom stereocenters. The fraction of sp³-hybridized carbons (Fsp3) is 0. The molecule has 1 aromatic heterocycles. The Morgan fingerprint density at radius 1 is 1.17 bits per heavy atom. The summed E-state index contributed by atoms with van der Waals surface area (Å²) in [6.07, 6.45) is 1.78. The van der Waals surface area contributed by atoms with Crippen molar-refractivity contribution in [2.45, 2.75) is 0 Å². The van der Waals surface area contributed by atoms with Crippen LogP contribution in [0.3, 0.4) is 0 Å². The average molecular weight is 323 g/mol. The number of halogens is 2. The van der Waals surface area contributed by atoms with Crippen LogP contribution < -0.4 is 5.73 Å². The molecule has 18 heavy (non-hydrogen) atoms. The molecule has 2 N–H and O–H groups in total. The highest BCUT2D eigenvalue weighted by atomic mass is 79.9. The summed E-state index contributed by atoms with van der Waals surface area (Å²) >= 11 is 9.41. The van der Waals surface area contributed by atoms with Gasteiger partial charge in [-0.1, -0.05) is 11.6 Å². The molecule has 0 radical (unpaired) electrons. The molecule has 2 aromatic carbocycles.